The van der Waals surface area contributed by atoms with Crippen LogP contribution in [-0.4, -0.2) is 66.7 Å². The molecule has 1 aliphatic heterocycles. The van der Waals surface area contributed by atoms with Crippen LogP contribution in [0.5, 0.6) is 0 Å². The van der Waals surface area contributed by atoms with Gasteiger partial charge < -0.3 is 19.5 Å². The number of hydrogen-bond donors (Lipinski definition) is 3. The maximum absolute atomic E-state index is 12.9. The number of hydrazine groups is 1. The van der Waals surface area contributed by atoms with Gasteiger partial charge in [0.1, 0.15) is 24.1 Å². The van der Waals surface area contributed by atoms with Gasteiger partial charge in [-0.05, 0) is 31.9 Å². The van der Waals surface area contributed by atoms with E-state index in [9.17, 15) is 14.4 Å². The van der Waals surface area contributed by atoms with Crippen molar-refractivity contribution in [1.82, 2.24) is 21.1 Å². The molecule has 3 N–H and O–H groups in total. The fraction of sp³-hybridized carbons (Fsp3) is 0.407. The normalized spacial score (nSPS) is 14.1. The third kappa shape index (κ3) is 10.1. The summed E-state index contributed by atoms with van der Waals surface area (Å²) >= 11 is 0. The van der Waals surface area contributed by atoms with E-state index in [-0.39, 0.29) is 26.4 Å². The van der Waals surface area contributed by atoms with Crippen LogP contribution in [0, 0.1) is 0 Å². The molecule has 11 nitrogen and oxygen atoms in total. The zero-order chi connectivity index (χ0) is 27.4. The lowest BCUT2D eigenvalue weighted by atomic mass is 10.2. The van der Waals surface area contributed by atoms with Crippen LogP contribution in [0.25, 0.3) is 0 Å². The summed E-state index contributed by atoms with van der Waals surface area (Å²) in [7, 11) is 0. The molecule has 204 valence electrons. The fourth-order valence-corrected chi connectivity index (χ4v) is 3.38. The first-order chi connectivity index (χ1) is 18.2. The van der Waals surface area contributed by atoms with E-state index in [1.54, 1.807) is 20.8 Å². The van der Waals surface area contributed by atoms with Crippen molar-refractivity contribution in [2.24, 2.45) is 4.99 Å². The van der Waals surface area contributed by atoms with Crippen molar-refractivity contribution in [3.8, 4) is 0 Å². The molecule has 3 rings (SSSR count). The van der Waals surface area contributed by atoms with Crippen molar-refractivity contribution in [2.75, 3.05) is 26.2 Å². The molecule has 11 heteroatoms. The van der Waals surface area contributed by atoms with Gasteiger partial charge in [0.05, 0.1) is 26.3 Å². The Balaban J connectivity index is 1.51. The quantitative estimate of drug-likeness (QED) is 0.452. The molecule has 3 amide bonds. The largest absolute Gasteiger partial charge is 0.445 e. The SMILES string of the molecule is CC(C)(C)OC(=O)N[C@H](COCc1ccccc1)C(=O)NNC1=NCCN(C(=O)OCc2ccccc2)C1. The van der Waals surface area contributed by atoms with Gasteiger partial charge in [-0.15, -0.1) is 0 Å². The number of alkyl carbamates (subject to hydrolysis) is 1. The Morgan fingerprint density at radius 3 is 2.24 bits per heavy atom. The van der Waals surface area contributed by atoms with Gasteiger partial charge in [0, 0.05) is 6.54 Å². The van der Waals surface area contributed by atoms with E-state index >= 15 is 0 Å². The van der Waals surface area contributed by atoms with Crippen LogP contribution in [0.1, 0.15) is 31.9 Å². The molecular weight excluding hydrogens is 490 g/mol. The van der Waals surface area contributed by atoms with Crippen molar-refractivity contribution in [3.63, 3.8) is 0 Å². The average molecular weight is 526 g/mol. The van der Waals surface area contributed by atoms with E-state index in [1.807, 2.05) is 60.7 Å². The smallest absolute Gasteiger partial charge is 0.410 e. The molecule has 0 saturated carbocycles. The first kappa shape index (κ1) is 28.5. The first-order valence-electron chi connectivity index (χ1n) is 12.4. The van der Waals surface area contributed by atoms with Gasteiger partial charge in [0.2, 0.25) is 0 Å². The maximum Gasteiger partial charge on any atom is 0.410 e. The number of hydrogen-bond acceptors (Lipinski definition) is 8. The standard InChI is InChI=1S/C27H35N5O6/c1-27(2,3)38-25(34)29-22(19-36-17-20-10-6-4-7-11-20)24(33)31-30-23-16-32(15-14-28-23)26(35)37-18-21-12-8-5-9-13-21/h4-13,22H,14-19H2,1-3H3,(H,28,30)(H,29,34)(H,31,33)/t22-/m1/s1. The molecule has 1 aliphatic rings. The summed E-state index contributed by atoms with van der Waals surface area (Å²) in [6.07, 6.45) is -1.23. The number of ether oxygens (including phenoxy) is 3. The minimum absolute atomic E-state index is 0.0912. The highest BCUT2D eigenvalue weighted by Gasteiger charge is 2.26. The number of carbonyl (C=O) groups excluding carboxylic acids is 3. The summed E-state index contributed by atoms with van der Waals surface area (Å²) in [6, 6.07) is 17.8. The van der Waals surface area contributed by atoms with Crippen LogP contribution < -0.4 is 16.2 Å². The Labute approximate surface area is 222 Å². The molecule has 0 radical (unpaired) electrons. The summed E-state index contributed by atoms with van der Waals surface area (Å²) in [4.78, 5) is 43.5. The molecule has 0 unspecified atom stereocenters. The molecule has 0 bridgehead atoms. The van der Waals surface area contributed by atoms with E-state index < -0.39 is 29.7 Å². The molecule has 0 saturated heterocycles. The summed E-state index contributed by atoms with van der Waals surface area (Å²) in [5.41, 5.74) is 6.36. The lowest BCUT2D eigenvalue weighted by Gasteiger charge is -2.27. The van der Waals surface area contributed by atoms with Gasteiger partial charge in [0.25, 0.3) is 5.91 Å². The van der Waals surface area contributed by atoms with Crippen LogP contribution >= 0.6 is 0 Å². The van der Waals surface area contributed by atoms with E-state index in [4.69, 9.17) is 14.2 Å². The monoisotopic (exact) mass is 525 g/mol. The van der Waals surface area contributed by atoms with Gasteiger partial charge in [-0.25, -0.2) is 9.59 Å². The van der Waals surface area contributed by atoms with Crippen LogP contribution in [0.4, 0.5) is 9.59 Å². The summed E-state index contributed by atoms with van der Waals surface area (Å²) in [5, 5.41) is 2.54. The zero-order valence-electron chi connectivity index (χ0n) is 21.9. The molecule has 0 spiro atoms. The second-order valence-electron chi connectivity index (χ2n) is 9.60. The Hall–Kier alpha value is -4.12. The molecule has 38 heavy (non-hydrogen) atoms. The van der Waals surface area contributed by atoms with Gasteiger partial charge in [-0.1, -0.05) is 60.7 Å². The highest BCUT2D eigenvalue weighted by Crippen LogP contribution is 2.08. The average Bonchev–Trinajstić information content (AvgIpc) is 2.90. The number of rotatable bonds is 8. The molecule has 0 fully saturated rings. The number of carbonyl (C=O) groups is 3. The topological polar surface area (TPSA) is 131 Å². The van der Waals surface area contributed by atoms with Crippen molar-refractivity contribution >= 4 is 23.9 Å². The van der Waals surface area contributed by atoms with Gasteiger partial charge in [-0.2, -0.15) is 0 Å². The number of aliphatic imine (C=N–C) groups is 1. The molecule has 1 atom stereocenters. The summed E-state index contributed by atoms with van der Waals surface area (Å²) in [6.45, 7) is 6.39. The number of nitrogens with one attached hydrogen (secondary N) is 3. The highest BCUT2D eigenvalue weighted by molar-refractivity contribution is 5.91. The molecule has 0 aliphatic carbocycles. The van der Waals surface area contributed by atoms with Crippen molar-refractivity contribution in [2.45, 2.75) is 45.6 Å². The zero-order valence-corrected chi connectivity index (χ0v) is 21.9. The third-order valence-corrected chi connectivity index (χ3v) is 5.21. The lowest BCUT2D eigenvalue weighted by Crippen LogP contribution is -2.57. The Bertz CT molecular complexity index is 1090. The molecule has 0 aromatic heterocycles. The minimum Gasteiger partial charge on any atom is -0.445 e. The molecular formula is C27H35N5O6. The number of benzene rings is 2. The van der Waals surface area contributed by atoms with Crippen molar-refractivity contribution in [3.05, 3.63) is 71.8 Å². The predicted molar refractivity (Wildman–Crippen MR) is 141 cm³/mol. The second kappa shape index (κ2) is 14.0. The van der Waals surface area contributed by atoms with Gasteiger partial charge in [0.15, 0.2) is 0 Å². The Kier molecular flexibility index (Phi) is 10.5. The number of amidine groups is 1. The fourth-order valence-electron chi connectivity index (χ4n) is 3.38. The van der Waals surface area contributed by atoms with E-state index in [2.05, 4.69) is 21.2 Å². The number of nitrogens with zero attached hydrogens (tertiary/aromatic N) is 2. The van der Waals surface area contributed by atoms with Gasteiger partial charge >= 0.3 is 12.2 Å². The molecule has 2 aromatic carbocycles. The van der Waals surface area contributed by atoms with E-state index in [1.165, 1.54) is 4.90 Å². The third-order valence-electron chi connectivity index (χ3n) is 5.21. The second-order valence-corrected chi connectivity index (χ2v) is 9.60. The first-order valence-corrected chi connectivity index (χ1v) is 12.4. The van der Waals surface area contributed by atoms with Gasteiger partial charge in [-0.3, -0.25) is 25.5 Å². The molecule has 1 heterocycles. The maximum atomic E-state index is 12.9. The Morgan fingerprint density at radius 2 is 1.61 bits per heavy atom. The highest BCUT2D eigenvalue weighted by atomic mass is 16.6. The van der Waals surface area contributed by atoms with E-state index in [0.717, 1.165) is 11.1 Å². The Morgan fingerprint density at radius 1 is 0.974 bits per heavy atom. The van der Waals surface area contributed by atoms with Crippen LogP contribution in [0.3, 0.4) is 0 Å². The van der Waals surface area contributed by atoms with Crippen LogP contribution in [0.15, 0.2) is 65.7 Å². The van der Waals surface area contributed by atoms with Crippen LogP contribution in [0.2, 0.25) is 0 Å². The lowest BCUT2D eigenvalue weighted by molar-refractivity contribution is -0.125. The predicted octanol–water partition coefficient (Wildman–Crippen LogP) is 2.77. The van der Waals surface area contributed by atoms with Crippen molar-refractivity contribution < 1.29 is 28.6 Å². The minimum atomic E-state index is -1.04. The summed E-state index contributed by atoms with van der Waals surface area (Å²) < 4.78 is 16.3. The molecule has 2 aromatic rings. The number of amides is 3. The van der Waals surface area contributed by atoms with Crippen LogP contribution in [-0.2, 0) is 32.2 Å². The van der Waals surface area contributed by atoms with Crippen molar-refractivity contribution in [1.29, 1.82) is 0 Å². The van der Waals surface area contributed by atoms with E-state index in [0.29, 0.717) is 18.9 Å². The summed E-state index contributed by atoms with van der Waals surface area (Å²) in [5.74, 6) is -0.183.